The molecule has 23 heavy (non-hydrogen) atoms. The van der Waals surface area contributed by atoms with Crippen LogP contribution in [0.4, 0.5) is 0 Å². The summed E-state index contributed by atoms with van der Waals surface area (Å²) >= 11 is 0. The van der Waals surface area contributed by atoms with Crippen molar-refractivity contribution in [2.24, 2.45) is 12.8 Å². The van der Waals surface area contributed by atoms with E-state index in [9.17, 15) is 9.59 Å². The number of H-pyrrole nitrogens is 1. The number of halogens is 1. The molecule has 0 spiro atoms. The lowest BCUT2D eigenvalue weighted by molar-refractivity contribution is -0.129. The van der Waals surface area contributed by atoms with E-state index >= 15 is 0 Å². The molecule has 2 aromatic rings. The number of nitrogens with one attached hydrogen (secondary N) is 1. The van der Waals surface area contributed by atoms with E-state index < -0.39 is 0 Å². The number of aromatic nitrogens is 3. The summed E-state index contributed by atoms with van der Waals surface area (Å²) in [6, 6.07) is 0.0729. The summed E-state index contributed by atoms with van der Waals surface area (Å²) in [5.74, 6) is 0.0488. The molecule has 1 aliphatic heterocycles. The Morgan fingerprint density at radius 1 is 1.43 bits per heavy atom. The fourth-order valence-electron chi connectivity index (χ4n) is 3.19. The van der Waals surface area contributed by atoms with Crippen molar-refractivity contribution in [1.29, 1.82) is 0 Å². The van der Waals surface area contributed by atoms with Crippen LogP contribution in [-0.4, -0.2) is 44.7 Å². The van der Waals surface area contributed by atoms with E-state index in [4.69, 9.17) is 5.73 Å². The maximum Gasteiger partial charge on any atom is 0.273 e. The second kappa shape index (κ2) is 6.33. The molecule has 2 aromatic heterocycles. The number of likely N-dealkylation sites (tertiary alicyclic amines) is 1. The van der Waals surface area contributed by atoms with Crippen molar-refractivity contribution in [1.82, 2.24) is 19.7 Å². The minimum Gasteiger partial charge on any atom is -0.341 e. The second-order valence-electron chi connectivity index (χ2n) is 6.06. The molecule has 0 bridgehead atoms. The first kappa shape index (κ1) is 17.5. The molecule has 3 N–H and O–H groups in total. The van der Waals surface area contributed by atoms with Crippen molar-refractivity contribution >= 4 is 29.3 Å². The molecule has 1 saturated heterocycles. The summed E-state index contributed by atoms with van der Waals surface area (Å²) in [6.45, 7) is 5.07. The quantitative estimate of drug-likeness (QED) is 0.827. The van der Waals surface area contributed by atoms with Gasteiger partial charge in [0.15, 0.2) is 5.65 Å². The Morgan fingerprint density at radius 2 is 2.13 bits per heavy atom. The largest absolute Gasteiger partial charge is 0.341 e. The SMILES string of the molecule is Cc1nc2c(c(C)c1CC(=O)N1CC[C@@H](N)C1)c(=O)[nH]n2C.Cl. The number of aromatic amines is 1. The third kappa shape index (κ3) is 2.98. The molecule has 1 aliphatic rings. The summed E-state index contributed by atoms with van der Waals surface area (Å²) in [4.78, 5) is 30.8. The Bertz CT molecular complexity index is 810. The maximum absolute atomic E-state index is 12.4. The van der Waals surface area contributed by atoms with Gasteiger partial charge in [0.2, 0.25) is 5.91 Å². The van der Waals surface area contributed by atoms with Gasteiger partial charge in [0.25, 0.3) is 5.56 Å². The number of amides is 1. The summed E-state index contributed by atoms with van der Waals surface area (Å²) in [5.41, 5.74) is 8.78. The van der Waals surface area contributed by atoms with Crippen molar-refractivity contribution in [3.63, 3.8) is 0 Å². The van der Waals surface area contributed by atoms with Gasteiger partial charge in [-0.05, 0) is 31.4 Å². The van der Waals surface area contributed by atoms with Gasteiger partial charge in [0.1, 0.15) is 0 Å². The Labute approximate surface area is 140 Å². The molecule has 3 heterocycles. The first-order chi connectivity index (χ1) is 10.4. The lowest BCUT2D eigenvalue weighted by atomic mass is 10.0. The zero-order valence-corrected chi connectivity index (χ0v) is 14.4. The molecule has 126 valence electrons. The number of rotatable bonds is 2. The van der Waals surface area contributed by atoms with E-state index in [1.54, 1.807) is 16.6 Å². The Kier molecular flexibility index (Phi) is 4.81. The molecule has 1 amide bonds. The highest BCUT2D eigenvalue weighted by Crippen LogP contribution is 2.21. The zero-order chi connectivity index (χ0) is 16.0. The Hall–Kier alpha value is -1.86. The summed E-state index contributed by atoms with van der Waals surface area (Å²) in [6.07, 6.45) is 1.11. The van der Waals surface area contributed by atoms with Crippen LogP contribution in [0.25, 0.3) is 11.0 Å². The molecule has 3 rings (SSSR count). The van der Waals surface area contributed by atoms with Crippen LogP contribution in [0.5, 0.6) is 0 Å². The number of pyridine rings is 1. The third-order valence-corrected chi connectivity index (χ3v) is 4.48. The highest BCUT2D eigenvalue weighted by molar-refractivity contribution is 5.85. The van der Waals surface area contributed by atoms with E-state index in [1.807, 2.05) is 13.8 Å². The van der Waals surface area contributed by atoms with Crippen LogP contribution in [0.1, 0.15) is 23.2 Å². The first-order valence-corrected chi connectivity index (χ1v) is 7.46. The number of hydrogen-bond acceptors (Lipinski definition) is 4. The van der Waals surface area contributed by atoms with E-state index in [1.165, 1.54) is 0 Å². The monoisotopic (exact) mass is 339 g/mol. The highest BCUT2D eigenvalue weighted by Gasteiger charge is 2.25. The van der Waals surface area contributed by atoms with E-state index in [-0.39, 0.29) is 36.3 Å². The molecular weight excluding hydrogens is 318 g/mol. The topological polar surface area (TPSA) is 97.0 Å². The van der Waals surface area contributed by atoms with Gasteiger partial charge in [0, 0.05) is 31.9 Å². The molecule has 0 radical (unpaired) electrons. The molecule has 0 unspecified atom stereocenters. The number of fused-ring (bicyclic) bond motifs is 1. The predicted octanol–water partition coefficient (Wildman–Crippen LogP) is 0.402. The van der Waals surface area contributed by atoms with E-state index in [0.29, 0.717) is 24.1 Å². The highest BCUT2D eigenvalue weighted by atomic mass is 35.5. The molecule has 7 nitrogen and oxygen atoms in total. The van der Waals surface area contributed by atoms with Crippen molar-refractivity contribution in [2.75, 3.05) is 13.1 Å². The van der Waals surface area contributed by atoms with Gasteiger partial charge in [-0.1, -0.05) is 0 Å². The van der Waals surface area contributed by atoms with Gasteiger partial charge in [-0.3, -0.25) is 19.4 Å². The number of carbonyl (C=O) groups is 1. The van der Waals surface area contributed by atoms with Crippen molar-refractivity contribution in [3.8, 4) is 0 Å². The zero-order valence-electron chi connectivity index (χ0n) is 13.5. The minimum absolute atomic E-state index is 0. The average Bonchev–Trinajstić information content (AvgIpc) is 2.99. The van der Waals surface area contributed by atoms with Crippen LogP contribution >= 0.6 is 12.4 Å². The standard InChI is InChI=1S/C15H21N5O2.ClH/c1-8-11(6-12(21)20-5-4-10(16)7-20)9(2)17-14-13(8)15(22)18-19(14)3;/h10H,4-7,16H2,1-3H3,(H,18,22);1H/t10-;/m1./s1. The number of hydrogen-bond donors (Lipinski definition) is 2. The summed E-state index contributed by atoms with van der Waals surface area (Å²) in [7, 11) is 1.76. The van der Waals surface area contributed by atoms with Gasteiger partial charge in [-0.25, -0.2) is 4.98 Å². The third-order valence-electron chi connectivity index (χ3n) is 4.48. The number of carbonyl (C=O) groups excluding carboxylic acids is 1. The van der Waals surface area contributed by atoms with E-state index in [0.717, 1.165) is 23.2 Å². The van der Waals surface area contributed by atoms with Crippen molar-refractivity contribution in [3.05, 3.63) is 27.2 Å². The van der Waals surface area contributed by atoms with Crippen molar-refractivity contribution < 1.29 is 4.79 Å². The fraction of sp³-hybridized carbons (Fsp3) is 0.533. The molecule has 0 aromatic carbocycles. The lowest BCUT2D eigenvalue weighted by Crippen LogP contribution is -2.33. The predicted molar refractivity (Wildman–Crippen MR) is 90.9 cm³/mol. The molecule has 0 saturated carbocycles. The molecule has 1 fully saturated rings. The van der Waals surface area contributed by atoms with Crippen LogP contribution in [0.2, 0.25) is 0 Å². The second-order valence-corrected chi connectivity index (χ2v) is 6.06. The van der Waals surface area contributed by atoms with Gasteiger partial charge < -0.3 is 10.6 Å². The Morgan fingerprint density at radius 3 is 2.74 bits per heavy atom. The normalized spacial score (nSPS) is 17.6. The minimum atomic E-state index is -0.167. The van der Waals surface area contributed by atoms with Crippen LogP contribution in [0.3, 0.4) is 0 Å². The van der Waals surface area contributed by atoms with Crippen LogP contribution < -0.4 is 11.3 Å². The molecular formula is C15H22ClN5O2. The Balaban J connectivity index is 0.00000192. The maximum atomic E-state index is 12.4. The van der Waals surface area contributed by atoms with Gasteiger partial charge in [-0.2, -0.15) is 0 Å². The van der Waals surface area contributed by atoms with Gasteiger partial charge in [0.05, 0.1) is 11.8 Å². The molecule has 1 atom stereocenters. The fourth-order valence-corrected chi connectivity index (χ4v) is 3.19. The number of nitrogens with zero attached hydrogens (tertiary/aromatic N) is 3. The van der Waals surface area contributed by atoms with Gasteiger partial charge >= 0.3 is 0 Å². The number of aryl methyl sites for hydroxylation is 3. The summed E-state index contributed by atoms with van der Waals surface area (Å²) < 4.78 is 1.61. The summed E-state index contributed by atoms with van der Waals surface area (Å²) in [5, 5.41) is 3.28. The van der Waals surface area contributed by atoms with Crippen LogP contribution in [0, 0.1) is 13.8 Å². The number of nitrogens with two attached hydrogens (primary N) is 1. The van der Waals surface area contributed by atoms with E-state index in [2.05, 4.69) is 10.1 Å². The lowest BCUT2D eigenvalue weighted by Gasteiger charge is -2.17. The van der Waals surface area contributed by atoms with Crippen LogP contribution in [0.15, 0.2) is 4.79 Å². The first-order valence-electron chi connectivity index (χ1n) is 7.46. The van der Waals surface area contributed by atoms with Gasteiger partial charge in [-0.15, -0.1) is 12.4 Å². The van der Waals surface area contributed by atoms with Crippen molar-refractivity contribution in [2.45, 2.75) is 32.7 Å². The molecule has 0 aliphatic carbocycles. The molecule has 8 heteroatoms. The average molecular weight is 340 g/mol. The smallest absolute Gasteiger partial charge is 0.273 e. The van der Waals surface area contributed by atoms with Crippen LogP contribution in [-0.2, 0) is 18.3 Å².